The third kappa shape index (κ3) is 3.88. The minimum Gasteiger partial charge on any atom is -0.271 e. The Morgan fingerprint density at radius 3 is 2.32 bits per heavy atom. The highest BCUT2D eigenvalue weighted by Gasteiger charge is 2.10. The van der Waals surface area contributed by atoms with Crippen LogP contribution in [0.25, 0.3) is 0 Å². The molecule has 0 aliphatic carbocycles. The van der Waals surface area contributed by atoms with Gasteiger partial charge in [-0.3, -0.25) is 16.3 Å². The summed E-state index contributed by atoms with van der Waals surface area (Å²) in [6.45, 7) is 2.20. The molecule has 0 bridgehead atoms. The minimum absolute atomic E-state index is 0.137. The number of nitrogens with one attached hydrogen (secondary N) is 1. The first-order valence-corrected chi connectivity index (χ1v) is 6.77. The summed E-state index contributed by atoms with van der Waals surface area (Å²) in [5.74, 6) is 5.68. The van der Waals surface area contributed by atoms with Crippen molar-refractivity contribution >= 4 is 0 Å². The Bertz CT molecular complexity index is 479. The van der Waals surface area contributed by atoms with E-state index in [1.54, 1.807) is 0 Å². The molecule has 100 valence electrons. The van der Waals surface area contributed by atoms with Gasteiger partial charge < -0.3 is 0 Å². The molecule has 0 amide bonds. The van der Waals surface area contributed by atoms with Crippen molar-refractivity contribution in [3.05, 3.63) is 65.5 Å². The molecule has 0 saturated carbocycles. The van der Waals surface area contributed by atoms with Gasteiger partial charge >= 0.3 is 0 Å². The second kappa shape index (κ2) is 7.02. The Kier molecular flexibility index (Phi) is 5.07. The van der Waals surface area contributed by atoms with E-state index in [0.717, 1.165) is 12.8 Å². The number of hydrogen-bond acceptors (Lipinski definition) is 3. The maximum Gasteiger partial charge on any atom is 0.0500 e. The predicted octanol–water partition coefficient (Wildman–Crippen LogP) is 2.78. The molecule has 0 saturated heterocycles. The highest BCUT2D eigenvalue weighted by atomic mass is 15.2. The van der Waals surface area contributed by atoms with Crippen LogP contribution in [0.3, 0.4) is 0 Å². The van der Waals surface area contributed by atoms with Crippen LogP contribution >= 0.6 is 0 Å². The predicted molar refractivity (Wildman–Crippen MR) is 78.4 cm³/mol. The molecule has 1 atom stereocenters. The highest BCUT2D eigenvalue weighted by molar-refractivity contribution is 5.27. The van der Waals surface area contributed by atoms with Crippen molar-refractivity contribution in [2.24, 2.45) is 5.84 Å². The van der Waals surface area contributed by atoms with Gasteiger partial charge in [-0.1, -0.05) is 37.6 Å². The zero-order valence-corrected chi connectivity index (χ0v) is 11.3. The lowest BCUT2D eigenvalue weighted by Gasteiger charge is -2.16. The normalized spacial score (nSPS) is 12.3. The van der Waals surface area contributed by atoms with E-state index in [0.29, 0.717) is 0 Å². The van der Waals surface area contributed by atoms with Crippen molar-refractivity contribution in [3.63, 3.8) is 0 Å². The molecule has 2 rings (SSSR count). The van der Waals surface area contributed by atoms with E-state index in [9.17, 15) is 0 Å². The average molecular weight is 255 g/mol. The van der Waals surface area contributed by atoms with Crippen LogP contribution < -0.4 is 11.3 Å². The van der Waals surface area contributed by atoms with E-state index in [-0.39, 0.29) is 6.04 Å². The van der Waals surface area contributed by atoms with E-state index in [1.165, 1.54) is 23.1 Å². The number of benzene rings is 1. The molecule has 2 aromatic rings. The molecule has 0 aliphatic rings. The van der Waals surface area contributed by atoms with Gasteiger partial charge in [-0.2, -0.15) is 0 Å². The molecule has 3 nitrogen and oxygen atoms in total. The van der Waals surface area contributed by atoms with Crippen molar-refractivity contribution in [3.8, 4) is 0 Å². The number of nitrogens with two attached hydrogens (primary N) is 1. The van der Waals surface area contributed by atoms with Crippen molar-refractivity contribution < 1.29 is 0 Å². The van der Waals surface area contributed by atoms with E-state index < -0.39 is 0 Å². The second-order valence-electron chi connectivity index (χ2n) is 4.77. The standard InChI is InChI=1S/C16H21N3/c1-2-3-13-4-6-15(7-5-13)16(19-17)12-14-8-10-18-11-9-14/h4-11,16,19H,2-3,12,17H2,1H3. The molecular weight excluding hydrogens is 234 g/mol. The Morgan fingerprint density at radius 1 is 1.05 bits per heavy atom. The fraction of sp³-hybridized carbons (Fsp3) is 0.312. The van der Waals surface area contributed by atoms with Gasteiger partial charge in [-0.15, -0.1) is 0 Å². The summed E-state index contributed by atoms with van der Waals surface area (Å²) < 4.78 is 0. The molecule has 0 fully saturated rings. The number of nitrogens with zero attached hydrogens (tertiary/aromatic N) is 1. The molecule has 19 heavy (non-hydrogen) atoms. The molecule has 1 aromatic heterocycles. The van der Waals surface area contributed by atoms with Crippen LogP contribution in [0, 0.1) is 0 Å². The smallest absolute Gasteiger partial charge is 0.0500 e. The molecule has 3 heteroatoms. The summed E-state index contributed by atoms with van der Waals surface area (Å²) in [5.41, 5.74) is 6.73. The van der Waals surface area contributed by atoms with Crippen molar-refractivity contribution in [1.82, 2.24) is 10.4 Å². The van der Waals surface area contributed by atoms with Crippen LogP contribution in [-0.2, 0) is 12.8 Å². The molecule has 0 spiro atoms. The second-order valence-corrected chi connectivity index (χ2v) is 4.77. The number of aromatic nitrogens is 1. The van der Waals surface area contributed by atoms with E-state index in [4.69, 9.17) is 5.84 Å². The first-order valence-electron chi connectivity index (χ1n) is 6.77. The topological polar surface area (TPSA) is 50.9 Å². The molecule has 3 N–H and O–H groups in total. The zero-order valence-electron chi connectivity index (χ0n) is 11.3. The third-order valence-corrected chi connectivity index (χ3v) is 3.31. The number of aryl methyl sites for hydroxylation is 1. The highest BCUT2D eigenvalue weighted by Crippen LogP contribution is 2.18. The van der Waals surface area contributed by atoms with Crippen molar-refractivity contribution in [2.45, 2.75) is 32.2 Å². The fourth-order valence-electron chi connectivity index (χ4n) is 2.23. The van der Waals surface area contributed by atoms with E-state index in [2.05, 4.69) is 41.6 Å². The third-order valence-electron chi connectivity index (χ3n) is 3.31. The largest absolute Gasteiger partial charge is 0.271 e. The number of pyridine rings is 1. The molecule has 1 aromatic carbocycles. The van der Waals surface area contributed by atoms with Crippen LogP contribution in [0.4, 0.5) is 0 Å². The van der Waals surface area contributed by atoms with Crippen molar-refractivity contribution in [2.75, 3.05) is 0 Å². The Labute approximate surface area is 114 Å². The van der Waals surface area contributed by atoms with Gasteiger partial charge in [0.1, 0.15) is 0 Å². The van der Waals surface area contributed by atoms with E-state index in [1.807, 2.05) is 24.5 Å². The van der Waals surface area contributed by atoms with Gasteiger partial charge in [0.2, 0.25) is 0 Å². The van der Waals surface area contributed by atoms with Crippen LogP contribution in [-0.4, -0.2) is 4.98 Å². The van der Waals surface area contributed by atoms with Crippen LogP contribution in [0.2, 0.25) is 0 Å². The average Bonchev–Trinajstić information content (AvgIpc) is 2.47. The maximum atomic E-state index is 5.68. The quantitative estimate of drug-likeness (QED) is 0.616. The first kappa shape index (κ1) is 13.7. The molecule has 1 unspecified atom stereocenters. The van der Waals surface area contributed by atoms with Gasteiger partial charge in [0, 0.05) is 18.4 Å². The van der Waals surface area contributed by atoms with Crippen molar-refractivity contribution in [1.29, 1.82) is 0 Å². The SMILES string of the molecule is CCCc1ccc(C(Cc2ccncc2)NN)cc1. The zero-order chi connectivity index (χ0) is 13.5. The molecule has 1 heterocycles. The summed E-state index contributed by atoms with van der Waals surface area (Å²) in [6.07, 6.45) is 6.80. The van der Waals surface area contributed by atoms with E-state index >= 15 is 0 Å². The number of rotatable bonds is 6. The summed E-state index contributed by atoms with van der Waals surface area (Å²) in [6, 6.07) is 12.9. The Hall–Kier alpha value is -1.71. The summed E-state index contributed by atoms with van der Waals surface area (Å²) in [5, 5.41) is 0. The summed E-state index contributed by atoms with van der Waals surface area (Å²) in [7, 11) is 0. The summed E-state index contributed by atoms with van der Waals surface area (Å²) in [4.78, 5) is 4.03. The Morgan fingerprint density at radius 2 is 1.74 bits per heavy atom. The lowest BCUT2D eigenvalue weighted by atomic mass is 9.98. The van der Waals surface area contributed by atoms with Crippen LogP contribution in [0.5, 0.6) is 0 Å². The monoisotopic (exact) mass is 255 g/mol. The number of hydrogen-bond donors (Lipinski definition) is 2. The van der Waals surface area contributed by atoms with Gasteiger partial charge in [-0.25, -0.2) is 0 Å². The molecule has 0 radical (unpaired) electrons. The lowest BCUT2D eigenvalue weighted by molar-refractivity contribution is 0.551. The maximum absolute atomic E-state index is 5.68. The lowest BCUT2D eigenvalue weighted by Crippen LogP contribution is -2.29. The van der Waals surface area contributed by atoms with Gasteiger partial charge in [0.25, 0.3) is 0 Å². The van der Waals surface area contributed by atoms with Crippen LogP contribution in [0.1, 0.15) is 36.1 Å². The minimum atomic E-state index is 0.137. The first-order chi connectivity index (χ1) is 9.33. The molecule has 0 aliphatic heterocycles. The van der Waals surface area contributed by atoms with Crippen LogP contribution in [0.15, 0.2) is 48.8 Å². The van der Waals surface area contributed by atoms with Gasteiger partial charge in [0.05, 0.1) is 0 Å². The summed E-state index contributed by atoms with van der Waals surface area (Å²) >= 11 is 0. The fourth-order valence-corrected chi connectivity index (χ4v) is 2.23. The Balaban J connectivity index is 2.08. The van der Waals surface area contributed by atoms with Gasteiger partial charge in [-0.05, 0) is 41.7 Å². The molecular formula is C16H21N3. The number of hydrazine groups is 1. The van der Waals surface area contributed by atoms with Gasteiger partial charge in [0.15, 0.2) is 0 Å².